The predicted molar refractivity (Wildman–Crippen MR) is 66.6 cm³/mol. The number of alkyl halides is 2. The Kier molecular flexibility index (Phi) is 4.14. The van der Waals surface area contributed by atoms with Gasteiger partial charge in [0.2, 0.25) is 0 Å². The fraction of sp³-hybridized carbons (Fsp3) is 0.273. The minimum absolute atomic E-state index is 0.453. The molecule has 96 valence electrons. The molecule has 1 heterocycles. The number of anilines is 1. The van der Waals surface area contributed by atoms with Crippen molar-refractivity contribution >= 4 is 17.4 Å². The first-order valence-corrected chi connectivity index (χ1v) is 6.16. The minimum Gasteiger partial charge on any atom is -0.378 e. The molecule has 0 radical (unpaired) electrons. The topological polar surface area (TPSA) is 42.7 Å². The molecular formula is C11H12F2N4S. The standard InChI is InChI=1S/C11H12F2N4S/c1-17-7-8(15-16-17)6-14-9-4-2-3-5-10(9)18-11(12)13/h2-5,7,11,14H,6H2,1H3. The summed E-state index contributed by atoms with van der Waals surface area (Å²) in [5.74, 6) is -2.43. The van der Waals surface area contributed by atoms with Crippen molar-refractivity contribution in [3.63, 3.8) is 0 Å². The number of nitrogens with zero attached hydrogens (tertiary/aromatic N) is 3. The van der Waals surface area contributed by atoms with Crippen LogP contribution in [0.5, 0.6) is 0 Å². The smallest absolute Gasteiger partial charge is 0.288 e. The Morgan fingerprint density at radius 3 is 2.83 bits per heavy atom. The van der Waals surface area contributed by atoms with E-state index in [0.717, 1.165) is 5.69 Å². The van der Waals surface area contributed by atoms with E-state index in [-0.39, 0.29) is 0 Å². The third kappa shape index (κ3) is 3.43. The molecule has 7 heteroatoms. The Hall–Kier alpha value is -1.63. The van der Waals surface area contributed by atoms with E-state index in [4.69, 9.17) is 0 Å². The van der Waals surface area contributed by atoms with Crippen LogP contribution in [0.1, 0.15) is 5.69 Å². The van der Waals surface area contributed by atoms with Crippen LogP contribution in [-0.4, -0.2) is 20.8 Å². The zero-order chi connectivity index (χ0) is 13.0. The Morgan fingerprint density at radius 1 is 1.39 bits per heavy atom. The van der Waals surface area contributed by atoms with Gasteiger partial charge in [-0.3, -0.25) is 4.68 Å². The number of benzene rings is 1. The van der Waals surface area contributed by atoms with Crippen LogP contribution in [0.15, 0.2) is 35.4 Å². The number of para-hydroxylation sites is 1. The quantitative estimate of drug-likeness (QED) is 0.848. The Morgan fingerprint density at radius 2 is 2.17 bits per heavy atom. The average Bonchev–Trinajstić information content (AvgIpc) is 2.73. The number of thioether (sulfide) groups is 1. The SMILES string of the molecule is Cn1cc(CNc2ccccc2SC(F)F)nn1. The summed E-state index contributed by atoms with van der Waals surface area (Å²) < 4.78 is 26.3. The van der Waals surface area contributed by atoms with E-state index < -0.39 is 5.76 Å². The summed E-state index contributed by atoms with van der Waals surface area (Å²) >= 11 is 0.528. The van der Waals surface area contributed by atoms with Crippen molar-refractivity contribution in [2.24, 2.45) is 7.05 Å². The first kappa shape index (κ1) is 12.8. The van der Waals surface area contributed by atoms with E-state index in [1.54, 1.807) is 42.2 Å². The molecular weight excluding hydrogens is 258 g/mol. The lowest BCUT2D eigenvalue weighted by Crippen LogP contribution is -2.01. The summed E-state index contributed by atoms with van der Waals surface area (Å²) in [4.78, 5) is 0.524. The van der Waals surface area contributed by atoms with Gasteiger partial charge in [-0.1, -0.05) is 29.1 Å². The van der Waals surface area contributed by atoms with E-state index in [9.17, 15) is 8.78 Å². The molecule has 0 aliphatic heterocycles. The number of nitrogens with one attached hydrogen (secondary N) is 1. The van der Waals surface area contributed by atoms with Gasteiger partial charge in [0.05, 0.1) is 6.54 Å². The molecule has 0 saturated carbocycles. The van der Waals surface area contributed by atoms with Crippen LogP contribution in [0.4, 0.5) is 14.5 Å². The molecule has 2 rings (SSSR count). The van der Waals surface area contributed by atoms with E-state index in [1.165, 1.54) is 0 Å². The van der Waals surface area contributed by atoms with Gasteiger partial charge >= 0.3 is 0 Å². The summed E-state index contributed by atoms with van der Waals surface area (Å²) in [5.41, 5.74) is 1.43. The molecule has 0 unspecified atom stereocenters. The van der Waals surface area contributed by atoms with Crippen LogP contribution in [0.2, 0.25) is 0 Å². The van der Waals surface area contributed by atoms with Crippen LogP contribution < -0.4 is 5.32 Å². The minimum atomic E-state index is -2.43. The number of aryl methyl sites for hydroxylation is 1. The van der Waals surface area contributed by atoms with Crippen LogP contribution in [-0.2, 0) is 13.6 Å². The van der Waals surface area contributed by atoms with Gasteiger partial charge in [0, 0.05) is 23.8 Å². The van der Waals surface area contributed by atoms with E-state index in [0.29, 0.717) is 28.9 Å². The zero-order valence-corrected chi connectivity index (χ0v) is 10.5. The van der Waals surface area contributed by atoms with Gasteiger partial charge in [-0.15, -0.1) is 5.10 Å². The van der Waals surface area contributed by atoms with Crippen molar-refractivity contribution in [3.05, 3.63) is 36.2 Å². The van der Waals surface area contributed by atoms with Crippen molar-refractivity contribution in [2.45, 2.75) is 17.2 Å². The summed E-state index contributed by atoms with van der Waals surface area (Å²) in [6.07, 6.45) is 1.77. The van der Waals surface area contributed by atoms with Gasteiger partial charge in [0.15, 0.2) is 0 Å². The highest BCUT2D eigenvalue weighted by atomic mass is 32.2. The van der Waals surface area contributed by atoms with Crippen molar-refractivity contribution in [1.82, 2.24) is 15.0 Å². The van der Waals surface area contributed by atoms with E-state index >= 15 is 0 Å². The molecule has 18 heavy (non-hydrogen) atoms. The van der Waals surface area contributed by atoms with Gasteiger partial charge in [-0.2, -0.15) is 8.78 Å². The zero-order valence-electron chi connectivity index (χ0n) is 9.68. The number of rotatable bonds is 5. The molecule has 0 aliphatic rings. The van der Waals surface area contributed by atoms with Crippen LogP contribution in [0.3, 0.4) is 0 Å². The highest BCUT2D eigenvalue weighted by molar-refractivity contribution is 7.99. The second kappa shape index (κ2) is 5.81. The largest absolute Gasteiger partial charge is 0.378 e. The molecule has 0 bridgehead atoms. The normalized spacial score (nSPS) is 10.9. The molecule has 0 amide bonds. The van der Waals surface area contributed by atoms with E-state index in [2.05, 4.69) is 15.6 Å². The summed E-state index contributed by atoms with van der Waals surface area (Å²) in [6, 6.07) is 6.96. The second-order valence-electron chi connectivity index (χ2n) is 3.61. The van der Waals surface area contributed by atoms with Crippen LogP contribution >= 0.6 is 11.8 Å². The van der Waals surface area contributed by atoms with Crippen molar-refractivity contribution < 1.29 is 8.78 Å². The molecule has 0 spiro atoms. The lowest BCUT2D eigenvalue weighted by Gasteiger charge is -2.09. The maximum absolute atomic E-state index is 12.4. The second-order valence-corrected chi connectivity index (χ2v) is 4.64. The molecule has 0 saturated heterocycles. The Bertz CT molecular complexity index is 515. The monoisotopic (exact) mass is 270 g/mol. The Labute approximate surface area is 107 Å². The Balaban J connectivity index is 2.04. The summed E-state index contributed by atoms with van der Waals surface area (Å²) in [5, 5.41) is 10.8. The molecule has 4 nitrogen and oxygen atoms in total. The number of halogens is 2. The maximum Gasteiger partial charge on any atom is 0.288 e. The maximum atomic E-state index is 12.4. The van der Waals surface area contributed by atoms with Gasteiger partial charge in [-0.25, -0.2) is 0 Å². The molecule has 1 aromatic heterocycles. The van der Waals surface area contributed by atoms with Gasteiger partial charge in [0.1, 0.15) is 5.69 Å². The molecule has 2 aromatic rings. The van der Waals surface area contributed by atoms with Crippen molar-refractivity contribution in [1.29, 1.82) is 0 Å². The molecule has 0 aliphatic carbocycles. The summed E-state index contributed by atoms with van der Waals surface area (Å²) in [6.45, 7) is 0.453. The first-order valence-electron chi connectivity index (χ1n) is 5.28. The third-order valence-electron chi connectivity index (χ3n) is 2.21. The lowest BCUT2D eigenvalue weighted by molar-refractivity contribution is 0.252. The fourth-order valence-electron chi connectivity index (χ4n) is 1.47. The molecule has 0 fully saturated rings. The van der Waals surface area contributed by atoms with Crippen molar-refractivity contribution in [2.75, 3.05) is 5.32 Å². The molecule has 0 atom stereocenters. The van der Waals surface area contributed by atoms with Gasteiger partial charge in [0.25, 0.3) is 5.76 Å². The van der Waals surface area contributed by atoms with Crippen molar-refractivity contribution in [3.8, 4) is 0 Å². The van der Waals surface area contributed by atoms with Crippen LogP contribution in [0, 0.1) is 0 Å². The molecule has 1 aromatic carbocycles. The number of hydrogen-bond donors (Lipinski definition) is 1. The van der Waals surface area contributed by atoms with Gasteiger partial charge in [-0.05, 0) is 12.1 Å². The number of aromatic nitrogens is 3. The summed E-state index contributed by atoms with van der Waals surface area (Å²) in [7, 11) is 1.77. The van der Waals surface area contributed by atoms with Crippen LogP contribution in [0.25, 0.3) is 0 Å². The fourth-order valence-corrected chi connectivity index (χ4v) is 2.09. The lowest BCUT2D eigenvalue weighted by atomic mass is 10.3. The first-order chi connectivity index (χ1) is 8.65. The highest BCUT2D eigenvalue weighted by Gasteiger charge is 2.09. The highest BCUT2D eigenvalue weighted by Crippen LogP contribution is 2.31. The van der Waals surface area contributed by atoms with Gasteiger partial charge < -0.3 is 5.32 Å². The average molecular weight is 270 g/mol. The van der Waals surface area contributed by atoms with E-state index in [1.807, 2.05) is 0 Å². The third-order valence-corrected chi connectivity index (χ3v) is 3.00. The predicted octanol–water partition coefficient (Wildman–Crippen LogP) is 2.74. The molecule has 1 N–H and O–H groups in total. The number of hydrogen-bond acceptors (Lipinski definition) is 4.